The normalized spacial score (nSPS) is 10.3. The van der Waals surface area contributed by atoms with E-state index < -0.39 is 5.97 Å². The molecule has 0 aliphatic carbocycles. The third-order valence-corrected chi connectivity index (χ3v) is 3.59. The number of aromatic nitrogens is 2. The van der Waals surface area contributed by atoms with E-state index >= 15 is 0 Å². The second-order valence-electron chi connectivity index (χ2n) is 4.65. The molecule has 1 heterocycles. The summed E-state index contributed by atoms with van der Waals surface area (Å²) in [6, 6.07) is 5.28. The number of hydrogen-bond acceptors (Lipinski definition) is 8. The van der Waals surface area contributed by atoms with Gasteiger partial charge in [-0.25, -0.2) is 14.8 Å². The van der Waals surface area contributed by atoms with Crippen molar-refractivity contribution in [1.82, 2.24) is 9.97 Å². The summed E-state index contributed by atoms with van der Waals surface area (Å²) in [5.41, 5.74) is 7.41. The number of hydrogen-bond donors (Lipinski definition) is 2. The number of carbonyl (C=O) groups excluding carboxylic acids is 1. The van der Waals surface area contributed by atoms with Gasteiger partial charge in [-0.15, -0.1) is 0 Å². The number of nitrogens with two attached hydrogens (primary N) is 1. The maximum Gasteiger partial charge on any atom is 0.343 e. The molecule has 0 bridgehead atoms. The average Bonchev–Trinajstić information content (AvgIpc) is 2.57. The molecule has 0 aliphatic heterocycles. The fourth-order valence-corrected chi connectivity index (χ4v) is 2.30. The number of nitrogens with one attached hydrogen (secondary N) is 1. The predicted molar refractivity (Wildman–Crippen MR) is 95.1 cm³/mol. The van der Waals surface area contributed by atoms with Crippen molar-refractivity contribution in [3.8, 4) is 5.75 Å². The maximum atomic E-state index is 12.1. The Hall–Kier alpha value is -2.48. The van der Waals surface area contributed by atoms with Gasteiger partial charge in [-0.2, -0.15) is 0 Å². The van der Waals surface area contributed by atoms with Crippen molar-refractivity contribution in [3.63, 3.8) is 0 Å². The van der Waals surface area contributed by atoms with E-state index in [0.29, 0.717) is 34.7 Å². The van der Waals surface area contributed by atoms with E-state index in [2.05, 4.69) is 15.3 Å². The Morgan fingerprint density at radius 1 is 1.33 bits per heavy atom. The van der Waals surface area contributed by atoms with Crippen LogP contribution in [0, 0.1) is 0 Å². The predicted octanol–water partition coefficient (Wildman–Crippen LogP) is 3.10. The Morgan fingerprint density at radius 3 is 2.75 bits per heavy atom. The molecule has 24 heavy (non-hydrogen) atoms. The van der Waals surface area contributed by atoms with Crippen LogP contribution in [0.1, 0.15) is 24.2 Å². The third-order valence-electron chi connectivity index (χ3n) is 3.03. The number of anilines is 3. The van der Waals surface area contributed by atoms with Gasteiger partial charge in [-0.3, -0.25) is 0 Å². The van der Waals surface area contributed by atoms with Crippen LogP contribution in [0.25, 0.3) is 0 Å². The minimum Gasteiger partial charge on any atom is -0.494 e. The van der Waals surface area contributed by atoms with Crippen LogP contribution in [0.2, 0.25) is 0 Å². The number of esters is 1. The summed E-state index contributed by atoms with van der Waals surface area (Å²) in [6.07, 6.45) is 3.30. The van der Waals surface area contributed by atoms with E-state index in [1.165, 1.54) is 18.0 Å². The Morgan fingerprint density at radius 2 is 2.12 bits per heavy atom. The molecule has 3 N–H and O–H groups in total. The Balaban J connectivity index is 2.35. The monoisotopic (exact) mass is 348 g/mol. The number of thioether (sulfide) groups is 1. The first-order valence-corrected chi connectivity index (χ1v) is 8.69. The number of ether oxygens (including phenoxy) is 2. The Kier molecular flexibility index (Phi) is 6.25. The van der Waals surface area contributed by atoms with Gasteiger partial charge in [-0.1, -0.05) is 11.8 Å². The highest BCUT2D eigenvalue weighted by Crippen LogP contribution is 2.28. The van der Waals surface area contributed by atoms with Crippen molar-refractivity contribution in [2.45, 2.75) is 19.0 Å². The van der Waals surface area contributed by atoms with Crippen LogP contribution in [0.5, 0.6) is 5.75 Å². The molecule has 1 aromatic heterocycles. The van der Waals surface area contributed by atoms with Crippen LogP contribution in [-0.2, 0) is 4.74 Å². The molecule has 0 spiro atoms. The molecule has 8 heteroatoms. The highest BCUT2D eigenvalue weighted by Gasteiger charge is 2.17. The first-order chi connectivity index (χ1) is 11.6. The van der Waals surface area contributed by atoms with Crippen molar-refractivity contribution >= 4 is 34.9 Å². The summed E-state index contributed by atoms with van der Waals surface area (Å²) in [7, 11) is 0. The van der Waals surface area contributed by atoms with Crippen LogP contribution in [-0.4, -0.2) is 35.4 Å². The lowest BCUT2D eigenvalue weighted by atomic mass is 10.2. The van der Waals surface area contributed by atoms with Gasteiger partial charge < -0.3 is 20.5 Å². The maximum absolute atomic E-state index is 12.1. The SMILES string of the molecule is CCOC(=O)c1cnc(SC)nc1Nc1ccc(OCC)cc1N. The summed E-state index contributed by atoms with van der Waals surface area (Å²) < 4.78 is 10.5. The molecule has 2 rings (SSSR count). The molecule has 2 aromatic rings. The smallest absolute Gasteiger partial charge is 0.343 e. The molecular formula is C16H20N4O3S. The minimum atomic E-state index is -0.489. The number of rotatable bonds is 7. The molecule has 0 saturated carbocycles. The van der Waals surface area contributed by atoms with Gasteiger partial charge >= 0.3 is 5.97 Å². The van der Waals surface area contributed by atoms with Crippen LogP contribution < -0.4 is 15.8 Å². The molecule has 0 aliphatic rings. The summed E-state index contributed by atoms with van der Waals surface area (Å²) in [5, 5.41) is 3.62. The summed E-state index contributed by atoms with van der Waals surface area (Å²) in [6.45, 7) is 4.47. The van der Waals surface area contributed by atoms with Gasteiger partial charge in [-0.05, 0) is 32.2 Å². The van der Waals surface area contributed by atoms with Gasteiger partial charge in [0.1, 0.15) is 17.1 Å². The summed E-state index contributed by atoms with van der Waals surface area (Å²) in [5.74, 6) is 0.541. The molecule has 0 fully saturated rings. The molecular weight excluding hydrogens is 328 g/mol. The first kappa shape index (κ1) is 17.9. The number of benzene rings is 1. The standard InChI is InChI=1S/C16H20N4O3S/c1-4-22-10-6-7-13(12(17)8-10)19-14-11(15(21)23-5-2)9-18-16(20-14)24-3/h6-9H,4-5,17H2,1-3H3,(H,18,19,20). The van der Waals surface area contributed by atoms with Crippen LogP contribution in [0.3, 0.4) is 0 Å². The Labute approximate surface area is 145 Å². The topological polar surface area (TPSA) is 99.4 Å². The molecule has 7 nitrogen and oxygen atoms in total. The van der Waals surface area contributed by atoms with E-state index in [-0.39, 0.29) is 12.2 Å². The molecule has 0 unspecified atom stereocenters. The van der Waals surface area contributed by atoms with Crippen molar-refractivity contribution < 1.29 is 14.3 Å². The van der Waals surface area contributed by atoms with E-state index in [9.17, 15) is 4.79 Å². The van der Waals surface area contributed by atoms with Gasteiger partial charge in [0.05, 0.1) is 24.6 Å². The highest BCUT2D eigenvalue weighted by atomic mass is 32.2. The number of nitrogen functional groups attached to an aromatic ring is 1. The zero-order chi connectivity index (χ0) is 17.5. The molecule has 0 saturated heterocycles. The summed E-state index contributed by atoms with van der Waals surface area (Å²) >= 11 is 1.37. The first-order valence-electron chi connectivity index (χ1n) is 7.46. The molecule has 0 amide bonds. The van der Waals surface area contributed by atoms with Gasteiger partial charge in [0.25, 0.3) is 0 Å². The fraction of sp³-hybridized carbons (Fsp3) is 0.312. The van der Waals surface area contributed by atoms with Gasteiger partial charge in [0.15, 0.2) is 5.16 Å². The lowest BCUT2D eigenvalue weighted by Gasteiger charge is -2.13. The molecule has 1 aromatic carbocycles. The zero-order valence-electron chi connectivity index (χ0n) is 13.8. The van der Waals surface area contributed by atoms with Crippen LogP contribution in [0.15, 0.2) is 29.6 Å². The molecule has 128 valence electrons. The van der Waals surface area contributed by atoms with Gasteiger partial charge in [0, 0.05) is 12.3 Å². The lowest BCUT2D eigenvalue weighted by Crippen LogP contribution is -2.11. The second kappa shape index (κ2) is 8.39. The number of carbonyl (C=O) groups is 1. The summed E-state index contributed by atoms with van der Waals surface area (Å²) in [4.78, 5) is 20.5. The largest absolute Gasteiger partial charge is 0.494 e. The molecule has 0 atom stereocenters. The van der Waals surface area contributed by atoms with E-state index in [4.69, 9.17) is 15.2 Å². The van der Waals surface area contributed by atoms with Crippen molar-refractivity contribution in [2.24, 2.45) is 0 Å². The van der Waals surface area contributed by atoms with Crippen molar-refractivity contribution in [3.05, 3.63) is 30.0 Å². The highest BCUT2D eigenvalue weighted by molar-refractivity contribution is 7.98. The molecule has 0 radical (unpaired) electrons. The van der Waals surface area contributed by atoms with E-state index in [0.717, 1.165) is 0 Å². The quantitative estimate of drug-likeness (QED) is 0.341. The fourth-order valence-electron chi connectivity index (χ4n) is 1.96. The zero-order valence-corrected chi connectivity index (χ0v) is 14.6. The van der Waals surface area contributed by atoms with Crippen molar-refractivity contribution in [1.29, 1.82) is 0 Å². The van der Waals surface area contributed by atoms with Crippen molar-refractivity contribution in [2.75, 3.05) is 30.5 Å². The van der Waals surface area contributed by atoms with E-state index in [1.54, 1.807) is 25.1 Å². The van der Waals surface area contributed by atoms with E-state index in [1.807, 2.05) is 13.2 Å². The number of nitrogens with zero attached hydrogens (tertiary/aromatic N) is 2. The Bertz CT molecular complexity index is 724. The third kappa shape index (κ3) is 4.29. The van der Waals surface area contributed by atoms with Crippen LogP contribution in [0.4, 0.5) is 17.2 Å². The average molecular weight is 348 g/mol. The second-order valence-corrected chi connectivity index (χ2v) is 5.42. The lowest BCUT2D eigenvalue weighted by molar-refractivity contribution is 0.0526. The van der Waals surface area contributed by atoms with Gasteiger partial charge in [0.2, 0.25) is 0 Å². The minimum absolute atomic E-state index is 0.253. The van der Waals surface area contributed by atoms with Crippen LogP contribution >= 0.6 is 11.8 Å².